The number of hydrogen-bond acceptors (Lipinski definition) is 6. The fourth-order valence-electron chi connectivity index (χ4n) is 2.65. The maximum absolute atomic E-state index is 12.3. The van der Waals surface area contributed by atoms with E-state index in [-0.39, 0.29) is 12.3 Å². The number of aromatic hydroxyl groups is 1. The quantitative estimate of drug-likeness (QED) is 0.545. The van der Waals surface area contributed by atoms with E-state index in [1.807, 2.05) is 45.0 Å². The molecular weight excluding hydrogens is 346 g/mol. The number of aliphatic imine (C=N–C) groups is 1. The molecular formula is C20H19N3O2S. The van der Waals surface area contributed by atoms with Crippen LogP contribution in [0.4, 0.5) is 0 Å². The third-order valence-corrected chi connectivity index (χ3v) is 4.86. The topological polar surface area (TPSA) is 75.4 Å². The molecule has 1 aromatic carbocycles. The molecule has 0 aliphatic rings. The highest BCUT2D eigenvalue weighted by Gasteiger charge is 2.13. The average molecular weight is 365 g/mol. The first kappa shape index (κ1) is 17.9. The number of hydrogen-bond donors (Lipinski definition) is 1. The molecule has 0 atom stereocenters. The molecule has 0 saturated carbocycles. The molecule has 0 aliphatic heterocycles. The lowest BCUT2D eigenvalue weighted by Gasteiger charge is -2.04. The molecule has 2 heterocycles. The van der Waals surface area contributed by atoms with Gasteiger partial charge in [0, 0.05) is 12.4 Å². The summed E-state index contributed by atoms with van der Waals surface area (Å²) in [7, 11) is 0. The van der Waals surface area contributed by atoms with Crippen molar-refractivity contribution in [3.05, 3.63) is 63.7 Å². The Morgan fingerprint density at radius 3 is 2.62 bits per heavy atom. The highest BCUT2D eigenvalue weighted by molar-refractivity contribution is 7.08. The van der Waals surface area contributed by atoms with Crippen molar-refractivity contribution in [3.8, 4) is 17.1 Å². The van der Waals surface area contributed by atoms with Crippen LogP contribution in [-0.2, 0) is 0 Å². The summed E-state index contributed by atoms with van der Waals surface area (Å²) in [5.41, 5.74) is 4.96. The third kappa shape index (κ3) is 3.86. The third-order valence-electron chi connectivity index (χ3n) is 4.03. The number of rotatable bonds is 5. The molecule has 3 rings (SSSR count). The molecule has 0 fully saturated rings. The summed E-state index contributed by atoms with van der Waals surface area (Å²) in [5, 5.41) is 9.80. The van der Waals surface area contributed by atoms with Crippen LogP contribution in [0.1, 0.15) is 31.9 Å². The molecule has 0 amide bonds. The number of phenols is 1. The normalized spacial score (nSPS) is 11.2. The molecule has 6 heteroatoms. The van der Waals surface area contributed by atoms with Crippen molar-refractivity contribution in [3.63, 3.8) is 0 Å². The van der Waals surface area contributed by atoms with Crippen molar-refractivity contribution < 1.29 is 9.90 Å². The first-order chi connectivity index (χ1) is 12.5. The van der Waals surface area contributed by atoms with Gasteiger partial charge in [0.2, 0.25) is 0 Å². The highest BCUT2D eigenvalue weighted by atomic mass is 32.1. The van der Waals surface area contributed by atoms with Crippen LogP contribution in [0.5, 0.6) is 5.75 Å². The van der Waals surface area contributed by atoms with Crippen LogP contribution in [0.2, 0.25) is 0 Å². The van der Waals surface area contributed by atoms with E-state index in [1.165, 1.54) is 11.5 Å². The number of pyridine rings is 1. The molecule has 5 nitrogen and oxygen atoms in total. The minimum Gasteiger partial charge on any atom is -0.507 e. The number of Topliss-reactive ketones (excluding diaryl/α,β-unsaturated/α-hetero) is 1. The zero-order valence-corrected chi connectivity index (χ0v) is 15.7. The summed E-state index contributed by atoms with van der Waals surface area (Å²) in [5.74, 6) is 0.214. The molecule has 3 aromatic rings. The molecule has 0 saturated heterocycles. The largest absolute Gasteiger partial charge is 0.507 e. The van der Waals surface area contributed by atoms with Crippen LogP contribution in [0.15, 0.2) is 41.5 Å². The fourth-order valence-corrected chi connectivity index (χ4v) is 3.31. The van der Waals surface area contributed by atoms with Gasteiger partial charge in [0.15, 0.2) is 5.78 Å². The number of aryl methyl sites for hydroxylation is 3. The average Bonchev–Trinajstić information content (AvgIpc) is 3.10. The Bertz CT molecular complexity index is 969. The predicted octanol–water partition coefficient (Wildman–Crippen LogP) is 4.14. The molecule has 0 bridgehead atoms. The Kier molecular flexibility index (Phi) is 5.23. The number of carbonyl (C=O) groups excluding carboxylic acids is 1. The number of aromatic nitrogens is 2. The monoisotopic (exact) mass is 365 g/mol. The van der Waals surface area contributed by atoms with E-state index in [0.29, 0.717) is 16.3 Å². The molecule has 0 spiro atoms. The zero-order valence-electron chi connectivity index (χ0n) is 14.9. The van der Waals surface area contributed by atoms with E-state index in [4.69, 9.17) is 0 Å². The first-order valence-electron chi connectivity index (χ1n) is 8.17. The van der Waals surface area contributed by atoms with Crippen LogP contribution >= 0.6 is 11.5 Å². The molecule has 0 unspecified atom stereocenters. The molecule has 132 valence electrons. The summed E-state index contributed by atoms with van der Waals surface area (Å²) in [6.07, 6.45) is 3.37. The summed E-state index contributed by atoms with van der Waals surface area (Å²) >= 11 is 1.17. The Labute approximate surface area is 156 Å². The summed E-state index contributed by atoms with van der Waals surface area (Å²) in [6.45, 7) is 5.70. The summed E-state index contributed by atoms with van der Waals surface area (Å²) < 4.78 is 4.35. The van der Waals surface area contributed by atoms with Crippen LogP contribution in [0.25, 0.3) is 11.4 Å². The van der Waals surface area contributed by atoms with E-state index < -0.39 is 0 Å². The van der Waals surface area contributed by atoms with Gasteiger partial charge in [-0.1, -0.05) is 6.07 Å². The number of carbonyl (C=O) groups is 1. The van der Waals surface area contributed by atoms with E-state index in [9.17, 15) is 9.90 Å². The standard InChI is InChI=1S/C20H19N3O2S/c1-12-5-4-6-22-19(12)16-9-18(26-23-16)17(24)11-21-10-15-7-13(2)20(25)14(3)8-15/h4-10,25H,11H2,1-3H3. The van der Waals surface area contributed by atoms with Crippen molar-refractivity contribution in [1.82, 2.24) is 9.36 Å². The highest BCUT2D eigenvalue weighted by Crippen LogP contribution is 2.24. The van der Waals surface area contributed by atoms with Gasteiger partial charge in [-0.05, 0) is 78.8 Å². The van der Waals surface area contributed by atoms with Gasteiger partial charge in [-0.3, -0.25) is 14.8 Å². The Morgan fingerprint density at radius 2 is 1.92 bits per heavy atom. The maximum atomic E-state index is 12.3. The number of nitrogens with zero attached hydrogens (tertiary/aromatic N) is 3. The molecule has 1 N–H and O–H groups in total. The van der Waals surface area contributed by atoms with Gasteiger partial charge in [-0.15, -0.1) is 0 Å². The van der Waals surface area contributed by atoms with E-state index in [0.717, 1.165) is 27.9 Å². The summed E-state index contributed by atoms with van der Waals surface area (Å²) in [4.78, 5) is 21.5. The lowest BCUT2D eigenvalue weighted by atomic mass is 10.1. The van der Waals surface area contributed by atoms with Gasteiger partial charge in [0.05, 0.1) is 10.6 Å². The van der Waals surface area contributed by atoms with Gasteiger partial charge in [-0.25, -0.2) is 0 Å². The van der Waals surface area contributed by atoms with E-state index >= 15 is 0 Å². The van der Waals surface area contributed by atoms with Crippen molar-refractivity contribution in [2.75, 3.05) is 6.54 Å². The predicted molar refractivity (Wildman–Crippen MR) is 104 cm³/mol. The second-order valence-electron chi connectivity index (χ2n) is 6.14. The molecule has 0 aliphatic carbocycles. The van der Waals surface area contributed by atoms with E-state index in [1.54, 1.807) is 18.5 Å². The van der Waals surface area contributed by atoms with Crippen molar-refractivity contribution in [2.45, 2.75) is 20.8 Å². The Hall–Kier alpha value is -2.86. The van der Waals surface area contributed by atoms with Gasteiger partial charge in [0.25, 0.3) is 0 Å². The van der Waals surface area contributed by atoms with Crippen LogP contribution in [-0.4, -0.2) is 33.0 Å². The van der Waals surface area contributed by atoms with Gasteiger partial charge in [-0.2, -0.15) is 4.37 Å². The number of phenolic OH excluding ortho intramolecular Hbond substituents is 1. The fraction of sp³-hybridized carbons (Fsp3) is 0.200. The first-order valence-corrected chi connectivity index (χ1v) is 8.95. The minimum atomic E-state index is -0.0780. The van der Waals surface area contributed by atoms with Gasteiger partial charge < -0.3 is 5.11 Å². The van der Waals surface area contributed by atoms with Crippen molar-refractivity contribution in [1.29, 1.82) is 0 Å². The van der Waals surface area contributed by atoms with Gasteiger partial charge in [0.1, 0.15) is 18.0 Å². The molecule has 0 radical (unpaired) electrons. The van der Waals surface area contributed by atoms with Gasteiger partial charge >= 0.3 is 0 Å². The molecule has 26 heavy (non-hydrogen) atoms. The number of ketones is 1. The van der Waals surface area contributed by atoms with Crippen LogP contribution < -0.4 is 0 Å². The summed E-state index contributed by atoms with van der Waals surface area (Å²) in [6, 6.07) is 9.29. The zero-order chi connectivity index (χ0) is 18.7. The lowest BCUT2D eigenvalue weighted by molar-refractivity contribution is 0.101. The van der Waals surface area contributed by atoms with E-state index in [2.05, 4.69) is 14.3 Å². The van der Waals surface area contributed by atoms with Crippen LogP contribution in [0, 0.1) is 20.8 Å². The SMILES string of the molecule is Cc1cccnc1-c1cc(C(=O)CN=Cc2cc(C)c(O)c(C)c2)sn1. The maximum Gasteiger partial charge on any atom is 0.195 e. The smallest absolute Gasteiger partial charge is 0.195 e. The second kappa shape index (κ2) is 7.58. The van der Waals surface area contributed by atoms with Crippen molar-refractivity contribution in [2.24, 2.45) is 4.99 Å². The van der Waals surface area contributed by atoms with Crippen molar-refractivity contribution >= 4 is 23.5 Å². The second-order valence-corrected chi connectivity index (χ2v) is 6.95. The number of benzene rings is 1. The lowest BCUT2D eigenvalue weighted by Crippen LogP contribution is -2.01. The minimum absolute atomic E-state index is 0.0573. The van der Waals surface area contributed by atoms with Crippen LogP contribution in [0.3, 0.4) is 0 Å². The Balaban J connectivity index is 1.70. The molecule has 2 aromatic heterocycles. The Morgan fingerprint density at radius 1 is 1.19 bits per heavy atom.